The van der Waals surface area contributed by atoms with Gasteiger partial charge in [-0.25, -0.2) is 18.7 Å². The number of aromatic nitrogens is 2. The number of anilines is 4. The van der Waals surface area contributed by atoms with Crippen LogP contribution < -0.4 is 29.9 Å². The van der Waals surface area contributed by atoms with Gasteiger partial charge in [0.25, 0.3) is 0 Å². The van der Waals surface area contributed by atoms with Gasteiger partial charge >= 0.3 is 6.36 Å². The van der Waals surface area contributed by atoms with Crippen molar-refractivity contribution in [2.24, 2.45) is 0 Å². The van der Waals surface area contributed by atoms with Crippen molar-refractivity contribution in [2.45, 2.75) is 26.3 Å². The highest BCUT2D eigenvalue weighted by atomic mass is 19.4. The fraction of sp³-hybridized carbons (Fsp3) is 0.333. The Morgan fingerprint density at radius 2 is 1.82 bits per heavy atom. The molecule has 2 N–H and O–H groups in total. The van der Waals surface area contributed by atoms with Gasteiger partial charge in [-0.2, -0.15) is 0 Å². The van der Waals surface area contributed by atoms with Crippen molar-refractivity contribution in [2.75, 3.05) is 47.9 Å². The molecule has 1 fully saturated rings. The molecule has 2 aliphatic rings. The number of ether oxygens (including phenoxy) is 2. The maximum atomic E-state index is 15.2. The Bertz CT molecular complexity index is 1430. The van der Waals surface area contributed by atoms with Gasteiger partial charge in [0.05, 0.1) is 17.6 Å². The average molecular weight is 563 g/mol. The van der Waals surface area contributed by atoms with Crippen LogP contribution in [0.25, 0.3) is 11.3 Å². The van der Waals surface area contributed by atoms with Crippen LogP contribution >= 0.6 is 0 Å². The van der Waals surface area contributed by atoms with E-state index in [-0.39, 0.29) is 47.0 Å². The molecule has 1 aromatic heterocycles. The summed E-state index contributed by atoms with van der Waals surface area (Å²) in [6.45, 7) is 10.5. The molecule has 0 bridgehead atoms. The van der Waals surface area contributed by atoms with E-state index >= 15 is 4.39 Å². The number of alkyl halides is 3. The molecule has 8 nitrogen and oxygen atoms in total. The summed E-state index contributed by atoms with van der Waals surface area (Å²) in [5.74, 6) is -2.18. The third kappa shape index (κ3) is 5.74. The van der Waals surface area contributed by atoms with Crippen LogP contribution in [0.4, 0.5) is 45.0 Å². The smallest absolute Gasteiger partial charge is 0.482 e. The highest BCUT2D eigenvalue weighted by Crippen LogP contribution is 2.43. The Kier molecular flexibility index (Phi) is 7.41. The fourth-order valence-electron chi connectivity index (χ4n) is 4.79. The molecule has 0 unspecified atom stereocenters. The predicted octanol–water partition coefficient (Wildman–Crippen LogP) is 5.59. The summed E-state index contributed by atoms with van der Waals surface area (Å²) in [6.07, 6.45) is -4.22. The van der Waals surface area contributed by atoms with Gasteiger partial charge in [0.2, 0.25) is 5.95 Å². The first-order valence-corrected chi connectivity index (χ1v) is 12.6. The summed E-state index contributed by atoms with van der Waals surface area (Å²) < 4.78 is 79.5. The number of benzene rings is 2. The molecule has 3 aromatic rings. The first kappa shape index (κ1) is 27.4. The summed E-state index contributed by atoms with van der Waals surface area (Å²) >= 11 is 0. The Hall–Kier alpha value is -4.13. The standard InChI is InChI=1S/C27H27F5N6O2/c1-15(2)38-16(3)14-39-25-20(29)10-17(11-22(25)38)24-23(40-27(30,31)32)13-34-26(36-24)35-18-4-5-21(19(28)12-18)37-8-6-33-7-9-37/h4-5,10-13,15,33H,3,6-9,14H2,1-2H3,(H,34,35,36). The second-order valence-corrected chi connectivity index (χ2v) is 9.61. The van der Waals surface area contributed by atoms with Crippen LogP contribution in [0.3, 0.4) is 0 Å². The molecule has 3 heterocycles. The van der Waals surface area contributed by atoms with Gasteiger partial charge in [0.15, 0.2) is 17.3 Å². The van der Waals surface area contributed by atoms with E-state index in [2.05, 4.69) is 31.9 Å². The van der Waals surface area contributed by atoms with Crippen LogP contribution in [-0.2, 0) is 0 Å². The molecule has 0 spiro atoms. The third-order valence-corrected chi connectivity index (χ3v) is 6.44. The lowest BCUT2D eigenvalue weighted by molar-refractivity contribution is -0.274. The first-order valence-electron chi connectivity index (χ1n) is 12.6. The minimum atomic E-state index is -5.05. The minimum absolute atomic E-state index is 0.00913. The lowest BCUT2D eigenvalue weighted by atomic mass is 10.1. The SMILES string of the molecule is C=C1COc2c(F)cc(-c3nc(Nc4ccc(N5CCNCC5)c(F)c4)ncc3OC(F)(F)F)cc2N1C(C)C. The van der Waals surface area contributed by atoms with Gasteiger partial charge in [0, 0.05) is 49.2 Å². The average Bonchev–Trinajstić information content (AvgIpc) is 2.89. The molecule has 2 aromatic carbocycles. The van der Waals surface area contributed by atoms with E-state index in [4.69, 9.17) is 4.74 Å². The Balaban J connectivity index is 1.52. The van der Waals surface area contributed by atoms with E-state index < -0.39 is 23.7 Å². The number of halogens is 5. The van der Waals surface area contributed by atoms with E-state index in [9.17, 15) is 17.6 Å². The number of piperazine rings is 1. The molecule has 212 valence electrons. The molecule has 1 saturated heterocycles. The van der Waals surface area contributed by atoms with E-state index in [1.807, 2.05) is 18.7 Å². The molecule has 0 saturated carbocycles. The zero-order valence-corrected chi connectivity index (χ0v) is 21.8. The molecular weight excluding hydrogens is 535 g/mol. The predicted molar refractivity (Wildman–Crippen MR) is 141 cm³/mol. The Morgan fingerprint density at radius 1 is 1.07 bits per heavy atom. The van der Waals surface area contributed by atoms with E-state index in [0.717, 1.165) is 25.4 Å². The zero-order chi connectivity index (χ0) is 28.6. The van der Waals surface area contributed by atoms with Crippen molar-refractivity contribution in [1.82, 2.24) is 15.3 Å². The summed E-state index contributed by atoms with van der Waals surface area (Å²) in [7, 11) is 0. The maximum absolute atomic E-state index is 15.2. The monoisotopic (exact) mass is 562 g/mol. The number of hydrogen-bond acceptors (Lipinski definition) is 8. The highest BCUT2D eigenvalue weighted by Gasteiger charge is 2.34. The molecule has 0 aliphatic carbocycles. The van der Waals surface area contributed by atoms with Crippen molar-refractivity contribution in [3.05, 3.63) is 60.4 Å². The van der Waals surface area contributed by atoms with Crippen LogP contribution in [0.15, 0.2) is 48.8 Å². The molecule has 0 amide bonds. The molecule has 40 heavy (non-hydrogen) atoms. The first-order chi connectivity index (χ1) is 19.0. The topological polar surface area (TPSA) is 74.8 Å². The Morgan fingerprint density at radius 3 is 2.50 bits per heavy atom. The van der Waals surface area contributed by atoms with Gasteiger partial charge < -0.3 is 29.9 Å². The van der Waals surface area contributed by atoms with Crippen LogP contribution in [-0.4, -0.2) is 55.2 Å². The molecule has 5 rings (SSSR count). The van der Waals surface area contributed by atoms with Gasteiger partial charge in [0.1, 0.15) is 18.1 Å². The number of nitrogens with one attached hydrogen (secondary N) is 2. The van der Waals surface area contributed by atoms with E-state index in [1.54, 1.807) is 17.0 Å². The molecule has 0 atom stereocenters. The number of nitrogens with zero attached hydrogens (tertiary/aromatic N) is 4. The second-order valence-electron chi connectivity index (χ2n) is 9.61. The van der Waals surface area contributed by atoms with Crippen LogP contribution in [0.1, 0.15) is 13.8 Å². The van der Waals surface area contributed by atoms with Gasteiger partial charge in [-0.3, -0.25) is 0 Å². The van der Waals surface area contributed by atoms with Crippen LogP contribution in [0.2, 0.25) is 0 Å². The van der Waals surface area contributed by atoms with Crippen LogP contribution in [0.5, 0.6) is 11.5 Å². The van der Waals surface area contributed by atoms with Crippen molar-refractivity contribution in [3.8, 4) is 22.8 Å². The molecule has 13 heteroatoms. The lowest BCUT2D eigenvalue weighted by Crippen LogP contribution is -2.43. The summed E-state index contributed by atoms with van der Waals surface area (Å²) in [4.78, 5) is 11.8. The van der Waals surface area contributed by atoms with Crippen molar-refractivity contribution in [3.63, 3.8) is 0 Å². The summed E-state index contributed by atoms with van der Waals surface area (Å²) in [6, 6.07) is 6.81. The van der Waals surface area contributed by atoms with Gasteiger partial charge in [-0.15, -0.1) is 13.2 Å². The van der Waals surface area contributed by atoms with Gasteiger partial charge in [-0.1, -0.05) is 6.58 Å². The fourth-order valence-corrected chi connectivity index (χ4v) is 4.79. The largest absolute Gasteiger partial charge is 0.573 e. The van der Waals surface area contributed by atoms with Crippen molar-refractivity contribution >= 4 is 23.0 Å². The van der Waals surface area contributed by atoms with E-state index in [0.29, 0.717) is 24.5 Å². The lowest BCUT2D eigenvalue weighted by Gasteiger charge is -2.36. The second kappa shape index (κ2) is 10.8. The zero-order valence-electron chi connectivity index (χ0n) is 21.8. The maximum Gasteiger partial charge on any atom is 0.573 e. The highest BCUT2D eigenvalue weighted by molar-refractivity contribution is 5.77. The molecule has 2 aliphatic heterocycles. The summed E-state index contributed by atoms with van der Waals surface area (Å²) in [5, 5.41) is 6.02. The Labute approximate surface area is 227 Å². The minimum Gasteiger partial charge on any atom is -0.482 e. The van der Waals surface area contributed by atoms with Crippen molar-refractivity contribution < 1.29 is 31.4 Å². The number of hydrogen-bond donors (Lipinski definition) is 2. The number of fused-ring (bicyclic) bond motifs is 1. The summed E-state index contributed by atoms with van der Waals surface area (Å²) in [5.41, 5.74) is 1.23. The number of rotatable bonds is 6. The quantitative estimate of drug-likeness (QED) is 0.377. The molecular formula is C27H27F5N6O2. The normalized spacial score (nSPS) is 15.7. The van der Waals surface area contributed by atoms with E-state index in [1.165, 1.54) is 12.1 Å². The third-order valence-electron chi connectivity index (χ3n) is 6.44. The van der Waals surface area contributed by atoms with Gasteiger partial charge in [-0.05, 0) is 44.2 Å². The van der Waals surface area contributed by atoms with Crippen molar-refractivity contribution in [1.29, 1.82) is 0 Å². The van der Waals surface area contributed by atoms with Crippen LogP contribution in [0, 0.1) is 11.6 Å². The molecule has 0 radical (unpaired) electrons.